The maximum Gasteiger partial charge on any atom is 0.335 e. The Morgan fingerprint density at radius 1 is 1.04 bits per heavy atom. The molecular weight excluding hydrogens is 300 g/mol. The van der Waals surface area contributed by atoms with Gasteiger partial charge in [0.05, 0.1) is 11.9 Å². The molecule has 1 N–H and O–H groups in total. The monoisotopic (exact) mass is 316 g/mol. The van der Waals surface area contributed by atoms with Crippen LogP contribution in [-0.2, 0) is 21.1 Å². The van der Waals surface area contributed by atoms with Gasteiger partial charge in [-0.2, -0.15) is 0 Å². The summed E-state index contributed by atoms with van der Waals surface area (Å²) in [6.45, 7) is 0. The Balaban J connectivity index is 0.000000185. The van der Waals surface area contributed by atoms with Gasteiger partial charge >= 0.3 is 11.7 Å². The Bertz CT molecular complexity index is 967. The topological polar surface area (TPSA) is 99.1 Å². The van der Waals surface area contributed by atoms with Crippen molar-refractivity contribution < 1.29 is 9.90 Å². The van der Waals surface area contributed by atoms with Gasteiger partial charge in [-0.3, -0.25) is 13.9 Å². The summed E-state index contributed by atoms with van der Waals surface area (Å²) in [4.78, 5) is 37.4. The summed E-state index contributed by atoms with van der Waals surface area (Å²) in [7, 11) is 4.77. The van der Waals surface area contributed by atoms with Gasteiger partial charge in [0.2, 0.25) is 0 Å². The third-order valence-corrected chi connectivity index (χ3v) is 3.34. The van der Waals surface area contributed by atoms with Crippen molar-refractivity contribution in [3.63, 3.8) is 0 Å². The molecule has 0 saturated carbocycles. The number of aromatic carboxylic acids is 1. The number of imidazole rings is 1. The van der Waals surface area contributed by atoms with Crippen LogP contribution in [0, 0.1) is 0 Å². The molecule has 3 rings (SSSR count). The maximum atomic E-state index is 11.7. The van der Waals surface area contributed by atoms with Crippen molar-refractivity contribution in [2.45, 2.75) is 0 Å². The van der Waals surface area contributed by atoms with Gasteiger partial charge in [-0.25, -0.2) is 14.6 Å². The molecule has 120 valence electrons. The van der Waals surface area contributed by atoms with Crippen LogP contribution in [-0.4, -0.2) is 29.8 Å². The first-order valence-electron chi connectivity index (χ1n) is 6.70. The van der Waals surface area contributed by atoms with Gasteiger partial charge in [0.15, 0.2) is 11.2 Å². The molecule has 0 aliphatic rings. The van der Waals surface area contributed by atoms with Crippen molar-refractivity contribution in [2.24, 2.45) is 21.1 Å². The minimum Gasteiger partial charge on any atom is -0.478 e. The lowest BCUT2D eigenvalue weighted by atomic mass is 10.2. The van der Waals surface area contributed by atoms with E-state index in [4.69, 9.17) is 5.11 Å². The smallest absolute Gasteiger partial charge is 0.335 e. The zero-order valence-electron chi connectivity index (χ0n) is 12.9. The van der Waals surface area contributed by atoms with Gasteiger partial charge in [0, 0.05) is 21.1 Å². The molecule has 0 spiro atoms. The third-order valence-electron chi connectivity index (χ3n) is 3.34. The Hall–Kier alpha value is -3.16. The molecule has 0 aliphatic carbocycles. The van der Waals surface area contributed by atoms with Crippen molar-refractivity contribution in [2.75, 3.05) is 0 Å². The molecule has 3 aromatic rings. The van der Waals surface area contributed by atoms with Crippen molar-refractivity contribution in [1.82, 2.24) is 18.7 Å². The summed E-state index contributed by atoms with van der Waals surface area (Å²) < 4.78 is 4.04. The molecule has 1 aromatic carbocycles. The number of aromatic nitrogens is 4. The fourth-order valence-corrected chi connectivity index (χ4v) is 2.05. The zero-order chi connectivity index (χ0) is 17.1. The van der Waals surface area contributed by atoms with Crippen molar-refractivity contribution in [3.8, 4) is 0 Å². The lowest BCUT2D eigenvalue weighted by Gasteiger charge is -2.02. The van der Waals surface area contributed by atoms with Gasteiger partial charge in [-0.1, -0.05) is 18.2 Å². The number of hydrogen-bond donors (Lipinski definition) is 1. The van der Waals surface area contributed by atoms with Crippen molar-refractivity contribution >= 4 is 17.1 Å². The number of carboxylic acids is 1. The highest BCUT2D eigenvalue weighted by molar-refractivity contribution is 5.87. The van der Waals surface area contributed by atoms with E-state index in [1.54, 1.807) is 49.0 Å². The molecule has 0 saturated heterocycles. The molecular formula is C15H16N4O4. The van der Waals surface area contributed by atoms with Crippen molar-refractivity contribution in [1.29, 1.82) is 0 Å². The zero-order valence-corrected chi connectivity index (χ0v) is 12.9. The first kappa shape index (κ1) is 16.2. The Morgan fingerprint density at radius 2 is 1.65 bits per heavy atom. The Kier molecular flexibility index (Phi) is 4.44. The van der Waals surface area contributed by atoms with E-state index < -0.39 is 5.97 Å². The fourth-order valence-electron chi connectivity index (χ4n) is 2.05. The summed E-state index contributed by atoms with van der Waals surface area (Å²) in [6, 6.07) is 8.30. The highest BCUT2D eigenvalue weighted by Crippen LogP contribution is 2.01. The highest BCUT2D eigenvalue weighted by atomic mass is 16.4. The van der Waals surface area contributed by atoms with Gasteiger partial charge in [0.25, 0.3) is 5.56 Å². The van der Waals surface area contributed by atoms with Crippen LogP contribution in [0.5, 0.6) is 0 Å². The molecule has 0 amide bonds. The van der Waals surface area contributed by atoms with Gasteiger partial charge < -0.3 is 9.67 Å². The summed E-state index contributed by atoms with van der Waals surface area (Å²) in [5.74, 6) is -0.879. The summed E-state index contributed by atoms with van der Waals surface area (Å²) >= 11 is 0. The molecule has 0 atom stereocenters. The van der Waals surface area contributed by atoms with E-state index in [1.807, 2.05) is 0 Å². The number of aryl methyl sites for hydroxylation is 2. The SMILES string of the molecule is Cn1c(=O)c2c(ncn2C)n(C)c1=O.O=C(O)c1ccccc1. The van der Waals surface area contributed by atoms with E-state index in [9.17, 15) is 14.4 Å². The minimum absolute atomic E-state index is 0.317. The van der Waals surface area contributed by atoms with Gasteiger partial charge in [-0.05, 0) is 12.1 Å². The van der Waals surface area contributed by atoms with Crippen LogP contribution < -0.4 is 11.2 Å². The van der Waals surface area contributed by atoms with E-state index in [0.717, 1.165) is 4.57 Å². The number of hydrogen-bond acceptors (Lipinski definition) is 4. The average molecular weight is 316 g/mol. The van der Waals surface area contributed by atoms with Crippen LogP contribution in [0.2, 0.25) is 0 Å². The van der Waals surface area contributed by atoms with E-state index in [0.29, 0.717) is 16.7 Å². The van der Waals surface area contributed by atoms with E-state index >= 15 is 0 Å². The third kappa shape index (κ3) is 3.05. The molecule has 0 unspecified atom stereocenters. The predicted octanol–water partition coefficient (Wildman–Crippen LogP) is 0.355. The summed E-state index contributed by atoms with van der Waals surface area (Å²) in [5, 5.41) is 8.38. The average Bonchev–Trinajstić information content (AvgIpc) is 2.94. The lowest BCUT2D eigenvalue weighted by molar-refractivity contribution is 0.0697. The summed E-state index contributed by atoms with van der Waals surface area (Å²) in [5.41, 5.74) is 0.511. The second-order valence-electron chi connectivity index (χ2n) is 4.90. The minimum atomic E-state index is -0.879. The van der Waals surface area contributed by atoms with Crippen LogP contribution in [0.3, 0.4) is 0 Å². The molecule has 2 aromatic heterocycles. The molecule has 0 bridgehead atoms. The maximum absolute atomic E-state index is 11.7. The molecule has 0 aliphatic heterocycles. The number of nitrogens with zero attached hydrogens (tertiary/aromatic N) is 4. The Morgan fingerprint density at radius 3 is 2.17 bits per heavy atom. The summed E-state index contributed by atoms with van der Waals surface area (Å²) in [6.07, 6.45) is 1.52. The standard InChI is InChI=1S/C8H10N4O2.C7H6O2/c1-10-4-9-6-5(10)7(13)12(3)8(14)11(6)2;8-7(9)6-4-2-1-3-5-6/h4H,1-3H3;1-5H,(H,8,9). The number of carboxylic acid groups (broad SMARTS) is 1. The van der Waals surface area contributed by atoms with E-state index in [2.05, 4.69) is 4.98 Å². The quantitative estimate of drug-likeness (QED) is 0.698. The lowest BCUT2D eigenvalue weighted by Crippen LogP contribution is -2.37. The van der Waals surface area contributed by atoms with Crippen molar-refractivity contribution in [3.05, 3.63) is 63.1 Å². The van der Waals surface area contributed by atoms with Crippen LogP contribution in [0.1, 0.15) is 10.4 Å². The van der Waals surface area contributed by atoms with Crippen LogP contribution >= 0.6 is 0 Å². The Labute approximate surface area is 130 Å². The first-order valence-corrected chi connectivity index (χ1v) is 6.70. The predicted molar refractivity (Wildman–Crippen MR) is 84.6 cm³/mol. The molecule has 0 fully saturated rings. The van der Waals surface area contributed by atoms with Crippen LogP contribution in [0.15, 0.2) is 46.2 Å². The fraction of sp³-hybridized carbons (Fsp3) is 0.200. The number of rotatable bonds is 1. The van der Waals surface area contributed by atoms with E-state index in [-0.39, 0.29) is 11.2 Å². The first-order chi connectivity index (χ1) is 10.8. The molecule has 8 nitrogen and oxygen atoms in total. The second kappa shape index (κ2) is 6.30. The highest BCUT2D eigenvalue weighted by Gasteiger charge is 2.11. The molecule has 0 radical (unpaired) electrons. The van der Waals surface area contributed by atoms with Crippen LogP contribution in [0.25, 0.3) is 11.2 Å². The largest absolute Gasteiger partial charge is 0.478 e. The number of fused-ring (bicyclic) bond motifs is 1. The van der Waals surface area contributed by atoms with E-state index in [1.165, 1.54) is 17.9 Å². The van der Waals surface area contributed by atoms with Crippen LogP contribution in [0.4, 0.5) is 0 Å². The molecule has 23 heavy (non-hydrogen) atoms. The van der Waals surface area contributed by atoms with Gasteiger partial charge in [0.1, 0.15) is 0 Å². The molecule has 2 heterocycles. The second-order valence-corrected chi connectivity index (χ2v) is 4.90. The van der Waals surface area contributed by atoms with Gasteiger partial charge in [-0.15, -0.1) is 0 Å². The normalized spacial score (nSPS) is 10.2. The number of carbonyl (C=O) groups is 1. The molecule has 8 heteroatoms. The number of benzene rings is 1.